The first kappa shape index (κ1) is 29.8. The van der Waals surface area contributed by atoms with Gasteiger partial charge in [-0.05, 0) is 88.3 Å². The van der Waals surface area contributed by atoms with Gasteiger partial charge in [-0.1, -0.05) is 6.07 Å². The normalized spacial score (nSPS) is 20.5. The molecule has 3 aromatic rings. The van der Waals surface area contributed by atoms with Gasteiger partial charge in [0.15, 0.2) is 0 Å². The highest BCUT2D eigenvalue weighted by molar-refractivity contribution is 6.05. The van der Waals surface area contributed by atoms with Gasteiger partial charge in [-0.15, -0.1) is 0 Å². The van der Waals surface area contributed by atoms with Gasteiger partial charge in [-0.3, -0.25) is 9.48 Å². The van der Waals surface area contributed by atoms with Crippen LogP contribution in [0.2, 0.25) is 0 Å². The summed E-state index contributed by atoms with van der Waals surface area (Å²) >= 11 is 0. The number of halogens is 3. The van der Waals surface area contributed by atoms with Crippen molar-refractivity contribution >= 4 is 22.5 Å². The number of fused-ring (bicyclic) bond motifs is 1. The van der Waals surface area contributed by atoms with Crippen molar-refractivity contribution in [3.63, 3.8) is 0 Å². The molecule has 1 aromatic carbocycles. The maximum atomic E-state index is 13.1. The third kappa shape index (κ3) is 6.81. The quantitative estimate of drug-likeness (QED) is 0.403. The number of ether oxygens (including phenoxy) is 1. The van der Waals surface area contributed by atoms with Crippen LogP contribution < -0.4 is 15.4 Å². The molecule has 3 fully saturated rings. The van der Waals surface area contributed by atoms with Crippen molar-refractivity contribution in [1.82, 2.24) is 29.9 Å². The Morgan fingerprint density at radius 1 is 1.05 bits per heavy atom. The van der Waals surface area contributed by atoms with Gasteiger partial charge in [0.1, 0.15) is 17.1 Å². The van der Waals surface area contributed by atoms with Crippen molar-refractivity contribution in [2.24, 2.45) is 5.41 Å². The molecule has 232 valence electrons. The standard InChI is InChI=1S/C31H40F3N7O2/c1-43-27-20-25-22(19-26(27)37-29(42)24-3-2-4-28(36-24)31(32,33)34)21-41(38-25)23-5-13-39(14-6-23)17-18-40-15-9-30(10-16-40)7-11-35-12-8-30/h2-4,19-21,23,35H,5-18H2,1H3,(H,37,42). The lowest BCUT2D eigenvalue weighted by molar-refractivity contribution is -0.141. The Labute approximate surface area is 249 Å². The summed E-state index contributed by atoms with van der Waals surface area (Å²) in [6.07, 6.45) is 4.68. The first-order valence-corrected chi connectivity index (χ1v) is 15.3. The van der Waals surface area contributed by atoms with E-state index in [1.807, 2.05) is 10.9 Å². The number of hydrogen-bond donors (Lipinski definition) is 2. The lowest BCUT2D eigenvalue weighted by atomic mass is 9.71. The molecule has 2 N–H and O–H groups in total. The average Bonchev–Trinajstić information content (AvgIpc) is 3.43. The summed E-state index contributed by atoms with van der Waals surface area (Å²) in [6.45, 7) is 9.08. The van der Waals surface area contributed by atoms with Gasteiger partial charge in [0.05, 0.1) is 24.4 Å². The van der Waals surface area contributed by atoms with Crippen LogP contribution in [-0.4, -0.2) is 89.9 Å². The van der Waals surface area contributed by atoms with Crippen LogP contribution >= 0.6 is 0 Å². The van der Waals surface area contributed by atoms with Crippen LogP contribution in [-0.2, 0) is 6.18 Å². The molecule has 2 aromatic heterocycles. The van der Waals surface area contributed by atoms with E-state index in [2.05, 4.69) is 25.4 Å². The van der Waals surface area contributed by atoms with Crippen LogP contribution in [0.25, 0.3) is 10.9 Å². The van der Waals surface area contributed by atoms with Crippen molar-refractivity contribution in [1.29, 1.82) is 0 Å². The van der Waals surface area contributed by atoms with Crippen LogP contribution in [0.15, 0.2) is 36.5 Å². The first-order valence-electron chi connectivity index (χ1n) is 15.3. The number of benzene rings is 1. The van der Waals surface area contributed by atoms with Crippen LogP contribution in [0, 0.1) is 5.41 Å². The third-order valence-corrected chi connectivity index (χ3v) is 9.61. The molecule has 0 bridgehead atoms. The highest BCUT2D eigenvalue weighted by atomic mass is 19.4. The number of piperidine rings is 3. The molecule has 0 atom stereocenters. The van der Waals surface area contributed by atoms with E-state index in [1.165, 1.54) is 65.0 Å². The van der Waals surface area contributed by atoms with Crippen molar-refractivity contribution in [2.45, 2.75) is 50.7 Å². The Kier molecular flexibility index (Phi) is 8.61. The molecule has 12 heteroatoms. The second-order valence-electron chi connectivity index (χ2n) is 12.2. The Hall–Kier alpha value is -3.22. The predicted octanol–water partition coefficient (Wildman–Crippen LogP) is 4.81. The van der Waals surface area contributed by atoms with Crippen molar-refractivity contribution in [3.05, 3.63) is 47.9 Å². The number of carbonyl (C=O) groups excluding carboxylic acids is 1. The molecular formula is C31H40F3N7O2. The number of amides is 1. The second-order valence-corrected chi connectivity index (χ2v) is 12.2. The Bertz CT molecular complexity index is 1420. The van der Waals surface area contributed by atoms with Gasteiger partial charge in [-0.25, -0.2) is 4.98 Å². The number of likely N-dealkylation sites (tertiary alicyclic amines) is 2. The number of aromatic nitrogens is 3. The number of pyridine rings is 1. The number of alkyl halides is 3. The molecular weight excluding hydrogens is 559 g/mol. The largest absolute Gasteiger partial charge is 0.494 e. The fourth-order valence-corrected chi connectivity index (χ4v) is 6.83. The molecule has 0 aliphatic carbocycles. The summed E-state index contributed by atoms with van der Waals surface area (Å²) in [5.74, 6) is -0.379. The molecule has 3 saturated heterocycles. The number of methoxy groups -OCH3 is 1. The molecule has 43 heavy (non-hydrogen) atoms. The Morgan fingerprint density at radius 2 is 1.74 bits per heavy atom. The molecule has 3 aliphatic rings. The lowest BCUT2D eigenvalue weighted by Crippen LogP contribution is -2.47. The highest BCUT2D eigenvalue weighted by Crippen LogP contribution is 2.39. The zero-order valence-corrected chi connectivity index (χ0v) is 24.6. The third-order valence-electron chi connectivity index (χ3n) is 9.61. The van der Waals surface area contributed by atoms with Crippen LogP contribution in [0.5, 0.6) is 5.75 Å². The molecule has 1 spiro atoms. The number of rotatable bonds is 7. The van der Waals surface area contributed by atoms with E-state index in [-0.39, 0.29) is 11.7 Å². The summed E-state index contributed by atoms with van der Waals surface area (Å²) in [7, 11) is 1.47. The summed E-state index contributed by atoms with van der Waals surface area (Å²) in [5.41, 5.74) is 0.213. The fraction of sp³-hybridized carbons (Fsp3) is 0.581. The molecule has 6 rings (SSSR count). The maximum absolute atomic E-state index is 13.1. The highest BCUT2D eigenvalue weighted by Gasteiger charge is 2.36. The maximum Gasteiger partial charge on any atom is 0.433 e. The van der Waals surface area contributed by atoms with Gasteiger partial charge in [-0.2, -0.15) is 18.3 Å². The monoisotopic (exact) mass is 599 g/mol. The predicted molar refractivity (Wildman–Crippen MR) is 158 cm³/mol. The minimum Gasteiger partial charge on any atom is -0.494 e. The molecule has 1 amide bonds. The average molecular weight is 600 g/mol. The number of nitrogens with one attached hydrogen (secondary N) is 2. The van der Waals surface area contributed by atoms with E-state index < -0.39 is 17.8 Å². The van der Waals surface area contributed by atoms with E-state index in [0.717, 1.165) is 62.1 Å². The van der Waals surface area contributed by atoms with Crippen LogP contribution in [0.1, 0.15) is 60.7 Å². The minimum absolute atomic E-state index is 0.275. The summed E-state index contributed by atoms with van der Waals surface area (Å²) < 4.78 is 46.7. The van der Waals surface area contributed by atoms with Crippen LogP contribution in [0.4, 0.5) is 18.9 Å². The van der Waals surface area contributed by atoms with E-state index in [1.54, 1.807) is 12.1 Å². The first-order chi connectivity index (χ1) is 20.7. The molecule has 5 heterocycles. The van der Waals surface area contributed by atoms with Gasteiger partial charge in [0, 0.05) is 43.8 Å². The zero-order chi connectivity index (χ0) is 30.0. The van der Waals surface area contributed by atoms with E-state index in [0.29, 0.717) is 16.9 Å². The van der Waals surface area contributed by atoms with Gasteiger partial charge >= 0.3 is 6.18 Å². The van der Waals surface area contributed by atoms with Crippen molar-refractivity contribution < 1.29 is 22.7 Å². The van der Waals surface area contributed by atoms with E-state index in [4.69, 9.17) is 9.84 Å². The molecule has 3 aliphatic heterocycles. The molecule has 0 unspecified atom stereocenters. The van der Waals surface area contributed by atoms with Crippen molar-refractivity contribution in [3.8, 4) is 5.75 Å². The summed E-state index contributed by atoms with van der Waals surface area (Å²) in [4.78, 5) is 21.5. The van der Waals surface area contributed by atoms with E-state index in [9.17, 15) is 18.0 Å². The van der Waals surface area contributed by atoms with E-state index >= 15 is 0 Å². The molecule has 0 saturated carbocycles. The lowest BCUT2D eigenvalue weighted by Gasteiger charge is -2.45. The van der Waals surface area contributed by atoms with Gasteiger partial charge < -0.3 is 25.2 Å². The van der Waals surface area contributed by atoms with Gasteiger partial charge in [0.25, 0.3) is 5.91 Å². The zero-order valence-electron chi connectivity index (χ0n) is 24.6. The fourth-order valence-electron chi connectivity index (χ4n) is 6.83. The van der Waals surface area contributed by atoms with Crippen molar-refractivity contribution in [2.75, 3.05) is 64.8 Å². The second kappa shape index (κ2) is 12.4. The summed E-state index contributed by atoms with van der Waals surface area (Å²) in [6, 6.07) is 7.00. The van der Waals surface area contributed by atoms with Gasteiger partial charge in [0.2, 0.25) is 0 Å². The number of anilines is 1. The Balaban J connectivity index is 1.04. The minimum atomic E-state index is -4.64. The number of carbonyl (C=O) groups is 1. The molecule has 9 nitrogen and oxygen atoms in total. The smallest absolute Gasteiger partial charge is 0.433 e. The number of nitrogens with zero attached hydrogens (tertiary/aromatic N) is 5. The van der Waals surface area contributed by atoms with Crippen LogP contribution in [0.3, 0.4) is 0 Å². The Morgan fingerprint density at radius 3 is 2.42 bits per heavy atom. The topological polar surface area (TPSA) is 87.5 Å². The molecule has 0 radical (unpaired) electrons. The SMILES string of the molecule is COc1cc2nn(C3CCN(CCN4CCC5(CCNCC5)CC4)CC3)cc2cc1NC(=O)c1cccc(C(F)(F)F)n1. The number of hydrogen-bond acceptors (Lipinski definition) is 7. The summed E-state index contributed by atoms with van der Waals surface area (Å²) in [5, 5.41) is 11.8.